The smallest absolute Gasteiger partial charge is 0.242 e. The van der Waals surface area contributed by atoms with E-state index in [1.807, 2.05) is 0 Å². The van der Waals surface area contributed by atoms with E-state index in [2.05, 4.69) is 10.6 Å². The maximum atomic E-state index is 11.3. The Balaban J connectivity index is 3.03. The molecule has 1 fully saturated rings. The Morgan fingerprint density at radius 3 is 2.71 bits per heavy atom. The summed E-state index contributed by atoms with van der Waals surface area (Å²) in [5, 5.41) is 5.16. The highest BCUT2D eigenvalue weighted by atomic mass is 32.2. The maximum absolute atomic E-state index is 11.3. The molecule has 7 heteroatoms. The molecule has 14 heavy (non-hydrogen) atoms. The number of carbonyl (C=O) groups excluding carboxylic acids is 1. The summed E-state index contributed by atoms with van der Waals surface area (Å²) in [4.78, 5) is 11.3. The van der Waals surface area contributed by atoms with Gasteiger partial charge in [-0.25, -0.2) is 0 Å². The van der Waals surface area contributed by atoms with Crippen molar-refractivity contribution in [1.29, 1.82) is 0 Å². The topological polar surface area (TPSA) is 84.5 Å². The normalized spacial score (nSPS) is 26.3. The molecule has 1 aliphatic rings. The van der Waals surface area contributed by atoms with E-state index in [-0.39, 0.29) is 10.8 Å². The van der Waals surface area contributed by atoms with E-state index in [1.165, 1.54) is 14.2 Å². The fraction of sp³-hybridized carbons (Fsp3) is 0.714. The molecule has 1 aliphatic heterocycles. The van der Waals surface area contributed by atoms with E-state index in [9.17, 15) is 13.2 Å². The number of methoxy groups -OCH3 is 1. The molecule has 6 nitrogen and oxygen atoms in total. The minimum Gasteiger partial charge on any atom is -0.375 e. The van der Waals surface area contributed by atoms with Gasteiger partial charge in [0.2, 0.25) is 16.2 Å². The predicted octanol–water partition coefficient (Wildman–Crippen LogP) is -2.23. The Kier molecular flexibility index (Phi) is 3.62. The zero-order valence-corrected chi connectivity index (χ0v) is 8.72. The quantitative estimate of drug-likeness (QED) is 0.515. The molecule has 0 aliphatic carbocycles. The van der Waals surface area contributed by atoms with Crippen molar-refractivity contribution in [1.82, 2.24) is 10.6 Å². The summed E-state index contributed by atoms with van der Waals surface area (Å²) in [6, 6.07) is -0.803. The number of likely N-dealkylation sites (N-methyl/N-ethyl adjacent to an activating group) is 1. The highest BCUT2D eigenvalue weighted by molar-refractivity contribution is 7.73. The van der Waals surface area contributed by atoms with Crippen molar-refractivity contribution in [2.24, 2.45) is 0 Å². The van der Waals surface area contributed by atoms with Crippen LogP contribution in [-0.2, 0) is 19.8 Å². The Morgan fingerprint density at radius 2 is 2.29 bits per heavy atom. The van der Waals surface area contributed by atoms with Crippen LogP contribution in [0.5, 0.6) is 0 Å². The summed E-state index contributed by atoms with van der Waals surface area (Å²) >= 11 is 0. The average Bonchev–Trinajstić information content (AvgIpc) is 2.59. The first kappa shape index (κ1) is 11.2. The van der Waals surface area contributed by atoms with Crippen LogP contribution in [0.15, 0.2) is 0 Å². The molecule has 0 aromatic carbocycles. The fourth-order valence-corrected chi connectivity index (χ4v) is 2.16. The molecule has 80 valence electrons. The molecule has 1 heterocycles. The van der Waals surface area contributed by atoms with Gasteiger partial charge in [-0.05, 0) is 0 Å². The standard InChI is InChI=1S/C7H12N2O4S/c1-8-7(10)5-6(14(11)12)4(13-2)3-9-5/h4-5,9H,3H2,1-2H3,(H,8,10)/t4-,5+/m0/s1. The number of hydrogen-bond donors (Lipinski definition) is 2. The summed E-state index contributed by atoms with van der Waals surface area (Å²) in [7, 11) is 0.457. The first-order valence-electron chi connectivity index (χ1n) is 4.05. The highest BCUT2D eigenvalue weighted by Crippen LogP contribution is 2.06. The lowest BCUT2D eigenvalue weighted by Gasteiger charge is -2.08. The summed E-state index contributed by atoms with van der Waals surface area (Å²) in [6.45, 7) is 0.331. The van der Waals surface area contributed by atoms with E-state index in [0.717, 1.165) is 0 Å². The van der Waals surface area contributed by atoms with Crippen molar-refractivity contribution in [3.63, 3.8) is 0 Å². The highest BCUT2D eigenvalue weighted by Gasteiger charge is 2.37. The number of nitrogens with one attached hydrogen (secondary N) is 2. The van der Waals surface area contributed by atoms with E-state index >= 15 is 0 Å². The number of ether oxygens (including phenoxy) is 1. The minimum atomic E-state index is -2.40. The molecule has 0 spiro atoms. The van der Waals surface area contributed by atoms with Crippen molar-refractivity contribution in [2.75, 3.05) is 20.7 Å². The summed E-state index contributed by atoms with van der Waals surface area (Å²) in [5.41, 5.74) is 0. The molecule has 0 unspecified atom stereocenters. The number of amides is 1. The number of hydrogen-bond acceptors (Lipinski definition) is 5. The van der Waals surface area contributed by atoms with E-state index in [0.29, 0.717) is 6.54 Å². The molecular formula is C7H12N2O4S. The van der Waals surface area contributed by atoms with Crippen LogP contribution in [0.25, 0.3) is 0 Å². The van der Waals surface area contributed by atoms with E-state index < -0.39 is 22.4 Å². The van der Waals surface area contributed by atoms with Gasteiger partial charge in [-0.15, -0.1) is 0 Å². The van der Waals surface area contributed by atoms with Crippen LogP contribution in [0.2, 0.25) is 0 Å². The van der Waals surface area contributed by atoms with Crippen LogP contribution >= 0.6 is 0 Å². The van der Waals surface area contributed by atoms with Crippen molar-refractivity contribution < 1.29 is 17.9 Å². The van der Waals surface area contributed by atoms with Crippen molar-refractivity contribution in [2.45, 2.75) is 12.1 Å². The maximum Gasteiger partial charge on any atom is 0.242 e. The van der Waals surface area contributed by atoms with Crippen molar-refractivity contribution in [3.05, 3.63) is 0 Å². The van der Waals surface area contributed by atoms with Gasteiger partial charge in [0, 0.05) is 20.7 Å². The van der Waals surface area contributed by atoms with Crippen LogP contribution < -0.4 is 10.6 Å². The number of rotatable bonds is 2. The Hall–Kier alpha value is -0.920. The van der Waals surface area contributed by atoms with Gasteiger partial charge in [0.15, 0.2) is 0 Å². The first-order chi connectivity index (χ1) is 6.61. The molecule has 0 saturated carbocycles. The van der Waals surface area contributed by atoms with Gasteiger partial charge in [0.05, 0.1) is 0 Å². The molecule has 2 N–H and O–H groups in total. The third kappa shape index (κ3) is 1.94. The second-order valence-corrected chi connectivity index (χ2v) is 3.76. The monoisotopic (exact) mass is 220 g/mol. The summed E-state index contributed by atoms with van der Waals surface area (Å²) in [5.74, 6) is -0.372. The Morgan fingerprint density at radius 1 is 1.64 bits per heavy atom. The van der Waals surface area contributed by atoms with E-state index in [4.69, 9.17) is 4.74 Å². The van der Waals surface area contributed by atoms with Crippen LogP contribution in [0.1, 0.15) is 0 Å². The zero-order chi connectivity index (χ0) is 10.7. The van der Waals surface area contributed by atoms with E-state index in [1.54, 1.807) is 0 Å². The molecular weight excluding hydrogens is 208 g/mol. The van der Waals surface area contributed by atoms with Crippen molar-refractivity contribution >= 4 is 21.1 Å². The molecule has 0 aromatic heterocycles. The minimum absolute atomic E-state index is 0.0619. The lowest BCUT2D eigenvalue weighted by atomic mass is 10.2. The third-order valence-electron chi connectivity index (χ3n) is 2.09. The molecule has 0 radical (unpaired) electrons. The average molecular weight is 220 g/mol. The molecule has 2 atom stereocenters. The lowest BCUT2D eigenvalue weighted by Crippen LogP contribution is -2.43. The van der Waals surface area contributed by atoms with Crippen LogP contribution in [-0.4, -0.2) is 52.0 Å². The Labute approximate surface area is 83.2 Å². The molecule has 0 bridgehead atoms. The van der Waals surface area contributed by atoms with Gasteiger partial charge in [0.1, 0.15) is 17.0 Å². The molecule has 1 saturated heterocycles. The molecule has 0 aromatic rings. The Bertz CT molecular complexity index is 354. The van der Waals surface area contributed by atoms with Gasteiger partial charge < -0.3 is 10.1 Å². The lowest BCUT2D eigenvalue weighted by molar-refractivity contribution is -0.120. The first-order valence-corrected chi connectivity index (χ1v) is 5.13. The van der Waals surface area contributed by atoms with Crippen LogP contribution in [0, 0.1) is 0 Å². The van der Waals surface area contributed by atoms with Crippen molar-refractivity contribution in [3.8, 4) is 0 Å². The van der Waals surface area contributed by atoms with Gasteiger partial charge in [0.25, 0.3) is 0 Å². The van der Waals surface area contributed by atoms with Gasteiger partial charge in [-0.3, -0.25) is 10.1 Å². The number of carbonyl (C=O) groups is 1. The fourth-order valence-electron chi connectivity index (χ4n) is 1.38. The second kappa shape index (κ2) is 4.54. The third-order valence-corrected chi connectivity index (χ3v) is 2.98. The van der Waals surface area contributed by atoms with Gasteiger partial charge >= 0.3 is 0 Å². The molecule has 1 rings (SSSR count). The molecule has 1 amide bonds. The SMILES string of the molecule is CNC(=O)[C@@H]1NC[C@H](OC)C1=S(=O)=O. The van der Waals surface area contributed by atoms with Gasteiger partial charge in [-0.1, -0.05) is 0 Å². The largest absolute Gasteiger partial charge is 0.375 e. The second-order valence-electron chi connectivity index (χ2n) is 2.82. The van der Waals surface area contributed by atoms with Gasteiger partial charge in [-0.2, -0.15) is 8.42 Å². The van der Waals surface area contributed by atoms with Crippen LogP contribution in [0.3, 0.4) is 0 Å². The summed E-state index contributed by atoms with van der Waals surface area (Å²) in [6.07, 6.45) is -0.546. The summed E-state index contributed by atoms with van der Waals surface area (Å²) < 4.78 is 26.7. The zero-order valence-electron chi connectivity index (χ0n) is 7.90. The van der Waals surface area contributed by atoms with Crippen LogP contribution in [0.4, 0.5) is 0 Å². The predicted molar refractivity (Wildman–Crippen MR) is 50.6 cm³/mol.